The van der Waals surface area contributed by atoms with Crippen LogP contribution in [0.25, 0.3) is 22.0 Å². The summed E-state index contributed by atoms with van der Waals surface area (Å²) >= 11 is 0. The Morgan fingerprint density at radius 1 is 1.16 bits per heavy atom. The van der Waals surface area contributed by atoms with E-state index in [0.717, 1.165) is 29.1 Å². The molecule has 2 aromatic carbocycles. The summed E-state index contributed by atoms with van der Waals surface area (Å²) in [6.45, 7) is 11.4. The van der Waals surface area contributed by atoms with Crippen molar-refractivity contribution in [1.29, 1.82) is 0 Å². The fourth-order valence-corrected chi connectivity index (χ4v) is 5.73. The quantitative estimate of drug-likeness (QED) is 0.461. The normalized spacial score (nSPS) is 19.2. The first kappa shape index (κ1) is 25.0. The minimum absolute atomic E-state index is 0.0466. The number of carbonyl (C=O) groups excluding carboxylic acids is 1. The van der Waals surface area contributed by atoms with Gasteiger partial charge < -0.3 is 19.1 Å². The average Bonchev–Trinajstić information content (AvgIpc) is 2.87. The maximum absolute atomic E-state index is 15.1. The van der Waals surface area contributed by atoms with E-state index in [-0.39, 0.29) is 35.7 Å². The van der Waals surface area contributed by atoms with Crippen LogP contribution >= 0.6 is 0 Å². The van der Waals surface area contributed by atoms with Crippen molar-refractivity contribution in [1.82, 2.24) is 9.47 Å². The monoisotopic (exact) mass is 507 g/mol. The molecule has 3 heterocycles. The van der Waals surface area contributed by atoms with E-state index >= 15 is 4.39 Å². The van der Waals surface area contributed by atoms with Crippen LogP contribution in [0.3, 0.4) is 0 Å². The van der Waals surface area contributed by atoms with Crippen molar-refractivity contribution in [2.45, 2.75) is 52.2 Å². The summed E-state index contributed by atoms with van der Waals surface area (Å²) in [6.07, 6.45) is 2.80. The molecule has 0 spiro atoms. The van der Waals surface area contributed by atoms with Crippen molar-refractivity contribution in [2.24, 2.45) is 0 Å². The number of hydrogen-bond donors (Lipinski definition) is 0. The van der Waals surface area contributed by atoms with Crippen LogP contribution in [-0.2, 0) is 17.8 Å². The Morgan fingerprint density at radius 3 is 2.65 bits per heavy atom. The second kappa shape index (κ2) is 9.65. The summed E-state index contributed by atoms with van der Waals surface area (Å²) in [7, 11) is 0. The maximum Gasteiger partial charge on any atom is 0.253 e. The van der Waals surface area contributed by atoms with Crippen molar-refractivity contribution in [3.8, 4) is 16.9 Å². The number of anilines is 1. The molecule has 2 aliphatic rings. The second-order valence-corrected chi connectivity index (χ2v) is 9.92. The first-order valence-electron chi connectivity index (χ1n) is 12.8. The van der Waals surface area contributed by atoms with Gasteiger partial charge in [-0.15, -0.1) is 0 Å². The lowest BCUT2D eigenvalue weighted by Crippen LogP contribution is -2.58. The van der Waals surface area contributed by atoms with Gasteiger partial charge in [-0.3, -0.25) is 9.59 Å². The Hall–Kier alpha value is -3.68. The minimum Gasteiger partial charge on any atom is -0.489 e. The molecule has 1 saturated heterocycles. The van der Waals surface area contributed by atoms with Crippen molar-refractivity contribution in [3.05, 3.63) is 70.5 Å². The van der Waals surface area contributed by atoms with E-state index in [4.69, 9.17) is 4.74 Å². The highest BCUT2D eigenvalue weighted by molar-refractivity contribution is 6.02. The summed E-state index contributed by atoms with van der Waals surface area (Å²) in [5.74, 6) is -0.971. The van der Waals surface area contributed by atoms with Gasteiger partial charge in [0.25, 0.3) is 5.56 Å². The molecule has 37 heavy (non-hydrogen) atoms. The van der Waals surface area contributed by atoms with Crippen molar-refractivity contribution in [2.75, 3.05) is 24.6 Å². The smallest absolute Gasteiger partial charge is 0.253 e. The average molecular weight is 508 g/mol. The van der Waals surface area contributed by atoms with E-state index in [9.17, 15) is 14.0 Å². The van der Waals surface area contributed by atoms with Crippen LogP contribution in [0.2, 0.25) is 0 Å². The fourth-order valence-electron chi connectivity index (χ4n) is 5.73. The largest absolute Gasteiger partial charge is 0.489 e. The van der Waals surface area contributed by atoms with Crippen LogP contribution in [0, 0.1) is 11.6 Å². The molecule has 2 atom stereocenters. The number of piperazine rings is 1. The van der Waals surface area contributed by atoms with Crippen LogP contribution < -0.4 is 15.2 Å². The number of aryl methyl sites for hydroxylation is 1. The third-order valence-corrected chi connectivity index (χ3v) is 7.44. The van der Waals surface area contributed by atoms with Gasteiger partial charge in [0.2, 0.25) is 5.91 Å². The summed E-state index contributed by atoms with van der Waals surface area (Å²) < 4.78 is 36.6. The predicted octanol–water partition coefficient (Wildman–Crippen LogP) is 4.90. The highest BCUT2D eigenvalue weighted by Crippen LogP contribution is 2.45. The van der Waals surface area contributed by atoms with Crippen LogP contribution in [-0.4, -0.2) is 47.2 Å². The van der Waals surface area contributed by atoms with Crippen molar-refractivity contribution < 1.29 is 18.3 Å². The highest BCUT2D eigenvalue weighted by Gasteiger charge is 2.34. The zero-order chi connectivity index (χ0) is 26.4. The molecule has 0 saturated carbocycles. The SMILES string of the molecule is C=CC(=O)N1C[C@H](C)N(c2cc(=O)n3c4c(c(-c5ccc(F)cc5F)c(CCC)cc24)OCC3)C[C@H]1C. The van der Waals surface area contributed by atoms with E-state index in [1.54, 1.807) is 15.5 Å². The van der Waals surface area contributed by atoms with E-state index in [1.165, 1.54) is 18.2 Å². The van der Waals surface area contributed by atoms with Crippen molar-refractivity contribution in [3.63, 3.8) is 0 Å². The lowest BCUT2D eigenvalue weighted by atomic mass is 9.91. The number of amides is 1. The fraction of sp³-hybridized carbons (Fsp3) is 0.379. The van der Waals surface area contributed by atoms with Gasteiger partial charge in [0.1, 0.15) is 18.2 Å². The third-order valence-electron chi connectivity index (χ3n) is 7.44. The lowest BCUT2D eigenvalue weighted by molar-refractivity contribution is -0.128. The number of halogens is 2. The van der Waals surface area contributed by atoms with Gasteiger partial charge in [-0.2, -0.15) is 0 Å². The number of aromatic nitrogens is 1. The van der Waals surface area contributed by atoms with Crippen LogP contribution in [0.5, 0.6) is 5.75 Å². The van der Waals surface area contributed by atoms with Gasteiger partial charge in [0, 0.05) is 53.8 Å². The molecule has 0 aliphatic carbocycles. The second-order valence-electron chi connectivity index (χ2n) is 9.92. The molecule has 0 bridgehead atoms. The standard InChI is InChI=1S/C29H31F2N3O3/c1-5-7-19-12-22-24(33-15-18(4)34(16-17(33)3)25(35)6-2)14-26(36)32-10-11-37-29(28(22)32)27(19)21-9-8-20(30)13-23(21)31/h6,8-9,12-14,17-18H,2,5,7,10-11,15-16H2,1,3-4H3/t17-,18+/m0/s1. The molecule has 6 nitrogen and oxygen atoms in total. The Kier molecular flexibility index (Phi) is 6.52. The van der Waals surface area contributed by atoms with E-state index in [1.807, 2.05) is 26.8 Å². The Balaban J connectivity index is 1.76. The molecule has 1 aromatic heterocycles. The van der Waals surface area contributed by atoms with Gasteiger partial charge in [0.05, 0.1) is 17.7 Å². The number of nitrogens with zero attached hydrogens (tertiary/aromatic N) is 3. The topological polar surface area (TPSA) is 54.8 Å². The number of rotatable bonds is 5. The first-order chi connectivity index (χ1) is 17.7. The maximum atomic E-state index is 15.1. The summed E-state index contributed by atoms with van der Waals surface area (Å²) in [5, 5.41) is 0.853. The molecule has 0 N–H and O–H groups in total. The summed E-state index contributed by atoms with van der Waals surface area (Å²) in [6, 6.07) is 7.12. The zero-order valence-electron chi connectivity index (χ0n) is 21.4. The molecular weight excluding hydrogens is 476 g/mol. The Bertz CT molecular complexity index is 1470. The van der Waals surface area contributed by atoms with Gasteiger partial charge in [-0.05, 0) is 50.1 Å². The molecule has 2 aliphatic heterocycles. The predicted molar refractivity (Wildman–Crippen MR) is 141 cm³/mol. The highest BCUT2D eigenvalue weighted by atomic mass is 19.1. The molecule has 1 amide bonds. The molecular formula is C29H31F2N3O3. The number of ether oxygens (including phenoxy) is 1. The van der Waals surface area contributed by atoms with Crippen LogP contribution in [0.1, 0.15) is 32.8 Å². The van der Waals surface area contributed by atoms with Gasteiger partial charge in [0.15, 0.2) is 5.75 Å². The molecule has 194 valence electrons. The third kappa shape index (κ3) is 4.18. The Morgan fingerprint density at radius 2 is 1.95 bits per heavy atom. The number of benzene rings is 2. The summed E-state index contributed by atoms with van der Waals surface area (Å²) in [5.41, 5.74) is 2.94. The van der Waals surface area contributed by atoms with Gasteiger partial charge >= 0.3 is 0 Å². The molecule has 3 aromatic rings. The molecule has 0 unspecified atom stereocenters. The zero-order valence-corrected chi connectivity index (χ0v) is 21.4. The van der Waals surface area contributed by atoms with Crippen LogP contribution in [0.4, 0.5) is 14.5 Å². The van der Waals surface area contributed by atoms with Gasteiger partial charge in [-0.25, -0.2) is 8.78 Å². The lowest BCUT2D eigenvalue weighted by Gasteiger charge is -2.45. The number of hydrogen-bond acceptors (Lipinski definition) is 4. The molecule has 5 rings (SSSR count). The number of carbonyl (C=O) groups is 1. The molecule has 8 heteroatoms. The Labute approximate surface area is 214 Å². The van der Waals surface area contributed by atoms with Crippen LogP contribution in [0.15, 0.2) is 47.8 Å². The summed E-state index contributed by atoms with van der Waals surface area (Å²) in [4.78, 5) is 29.7. The first-order valence-corrected chi connectivity index (χ1v) is 12.8. The van der Waals surface area contributed by atoms with E-state index in [0.29, 0.717) is 42.9 Å². The minimum atomic E-state index is -0.669. The number of pyridine rings is 1. The van der Waals surface area contributed by atoms with E-state index < -0.39 is 11.6 Å². The molecule has 0 radical (unpaired) electrons. The van der Waals surface area contributed by atoms with E-state index in [2.05, 4.69) is 11.5 Å². The molecule has 1 fully saturated rings. The van der Waals surface area contributed by atoms with Crippen molar-refractivity contribution >= 4 is 22.5 Å². The van der Waals surface area contributed by atoms with Gasteiger partial charge in [-0.1, -0.05) is 19.9 Å².